The van der Waals surface area contributed by atoms with Gasteiger partial charge in [0, 0.05) is 30.3 Å². The normalized spacial score (nSPS) is 19.4. The Hall–Kier alpha value is -4.40. The number of hydrogen-bond donors (Lipinski definition) is 4. The summed E-state index contributed by atoms with van der Waals surface area (Å²) in [6.45, 7) is 6.53. The number of Topliss-reactive ketones (excluding diaryl/α,β-unsaturated/α-hetero) is 2. The second-order valence-electron chi connectivity index (χ2n) is 10.3. The van der Waals surface area contributed by atoms with E-state index in [0.29, 0.717) is 12.2 Å². The number of benzene rings is 2. The van der Waals surface area contributed by atoms with E-state index in [4.69, 9.17) is 4.74 Å². The number of nitrogens with zero attached hydrogens (tertiary/aromatic N) is 1. The first-order valence-electron chi connectivity index (χ1n) is 13.0. The van der Waals surface area contributed by atoms with E-state index in [0.717, 1.165) is 42.5 Å². The summed E-state index contributed by atoms with van der Waals surface area (Å²) in [7, 11) is 0. The lowest BCUT2D eigenvalue weighted by molar-refractivity contribution is -0.123. The molecule has 2 heterocycles. The lowest BCUT2D eigenvalue weighted by Gasteiger charge is -2.29. The van der Waals surface area contributed by atoms with E-state index in [1.165, 1.54) is 19.9 Å². The van der Waals surface area contributed by atoms with Gasteiger partial charge in [-0.1, -0.05) is 18.6 Å². The number of hydrogen-bond acceptors (Lipinski definition) is 8. The minimum Gasteiger partial charge on any atom is -0.507 e. The number of phenols is 2. The molecule has 1 aliphatic carbocycles. The van der Waals surface area contributed by atoms with Gasteiger partial charge in [-0.25, -0.2) is 4.98 Å². The van der Waals surface area contributed by atoms with Crippen molar-refractivity contribution in [3.8, 4) is 17.2 Å². The van der Waals surface area contributed by atoms with Crippen LogP contribution in [0.2, 0.25) is 0 Å². The number of ketones is 3. The number of aryl methyl sites for hydroxylation is 1. The lowest BCUT2D eigenvalue weighted by atomic mass is 9.70. The van der Waals surface area contributed by atoms with Crippen molar-refractivity contribution in [2.45, 2.75) is 58.8 Å². The number of imidazole rings is 1. The van der Waals surface area contributed by atoms with Gasteiger partial charge in [0.15, 0.2) is 17.3 Å². The molecule has 0 bridgehead atoms. The third-order valence-corrected chi connectivity index (χ3v) is 7.68. The van der Waals surface area contributed by atoms with Gasteiger partial charge >= 0.3 is 0 Å². The van der Waals surface area contributed by atoms with Crippen LogP contribution in [-0.4, -0.2) is 44.1 Å². The highest BCUT2D eigenvalue weighted by molar-refractivity contribution is 6.31. The van der Waals surface area contributed by atoms with Gasteiger partial charge < -0.3 is 25.3 Å². The maximum Gasteiger partial charge on any atom is 0.194 e. The minimum atomic E-state index is -1.51. The van der Waals surface area contributed by atoms with Crippen LogP contribution in [0.1, 0.15) is 67.3 Å². The monoisotopic (exact) mass is 529 g/mol. The van der Waals surface area contributed by atoms with Crippen molar-refractivity contribution in [3.63, 3.8) is 0 Å². The Kier molecular flexibility index (Phi) is 6.54. The molecule has 2 aliphatic rings. The Morgan fingerprint density at radius 3 is 2.56 bits per heavy atom. The predicted molar refractivity (Wildman–Crippen MR) is 145 cm³/mol. The summed E-state index contributed by atoms with van der Waals surface area (Å²) < 4.78 is 5.80. The molecule has 0 fully saturated rings. The Morgan fingerprint density at radius 2 is 1.85 bits per heavy atom. The number of aromatic amines is 1. The molecule has 0 radical (unpaired) electrons. The van der Waals surface area contributed by atoms with E-state index < -0.39 is 28.5 Å². The SMILES string of the molecule is CC(=O)c1c(O)c(C)c(O)c2c1OC1=CC(=O)C(=C(C)NCCCCCc3nc4ccccc4[nH]3)C(=O)C12C. The van der Waals surface area contributed by atoms with E-state index in [9.17, 15) is 24.6 Å². The van der Waals surface area contributed by atoms with Crippen molar-refractivity contribution >= 4 is 28.4 Å². The van der Waals surface area contributed by atoms with Gasteiger partial charge in [-0.3, -0.25) is 14.4 Å². The van der Waals surface area contributed by atoms with E-state index in [1.807, 2.05) is 24.3 Å². The molecular weight excluding hydrogens is 498 g/mol. The molecule has 0 saturated heterocycles. The summed E-state index contributed by atoms with van der Waals surface area (Å²) in [4.78, 5) is 47.1. The number of fused-ring (bicyclic) bond motifs is 4. The number of ether oxygens (including phenoxy) is 1. The van der Waals surface area contributed by atoms with Crippen LogP contribution < -0.4 is 10.1 Å². The third-order valence-electron chi connectivity index (χ3n) is 7.68. The van der Waals surface area contributed by atoms with Crippen LogP contribution in [0.4, 0.5) is 0 Å². The highest BCUT2D eigenvalue weighted by Crippen LogP contribution is 2.57. The highest BCUT2D eigenvalue weighted by Gasteiger charge is 2.56. The Morgan fingerprint density at radius 1 is 1.10 bits per heavy atom. The zero-order chi connectivity index (χ0) is 28.1. The summed E-state index contributed by atoms with van der Waals surface area (Å²) in [5.41, 5.74) is 0.916. The van der Waals surface area contributed by atoms with Crippen LogP contribution in [0.15, 0.2) is 47.4 Å². The molecule has 0 saturated carbocycles. The van der Waals surface area contributed by atoms with Crippen molar-refractivity contribution in [1.82, 2.24) is 15.3 Å². The average Bonchev–Trinajstić information content (AvgIpc) is 3.43. The Labute approximate surface area is 225 Å². The lowest BCUT2D eigenvalue weighted by Crippen LogP contribution is -2.41. The number of carbonyl (C=O) groups is 3. The fourth-order valence-corrected chi connectivity index (χ4v) is 5.44. The average molecular weight is 530 g/mol. The van der Waals surface area contributed by atoms with Crippen LogP contribution in [0.25, 0.3) is 11.0 Å². The fourth-order valence-electron chi connectivity index (χ4n) is 5.44. The standard InChI is InChI=1S/C30H31N3O6/c1-15-26(36)24(17(3)34)28-25(27(15)37)30(4)21(39-28)14-20(35)23(29(30)38)16(2)31-13-9-5-6-12-22-32-18-10-7-8-11-19(18)33-22/h7-8,10-11,14,31,36-37H,5-6,9,12-13H2,1-4H3,(H,32,33). The number of unbranched alkanes of at least 4 members (excludes halogenated alkanes) is 2. The second kappa shape index (κ2) is 9.72. The summed E-state index contributed by atoms with van der Waals surface area (Å²) in [5, 5.41) is 24.6. The van der Waals surface area contributed by atoms with Crippen molar-refractivity contribution in [1.29, 1.82) is 0 Å². The number of aromatic nitrogens is 2. The van der Waals surface area contributed by atoms with Gasteiger partial charge in [0.2, 0.25) is 0 Å². The zero-order valence-corrected chi connectivity index (χ0v) is 22.4. The molecule has 39 heavy (non-hydrogen) atoms. The molecule has 1 aliphatic heterocycles. The number of rotatable bonds is 8. The number of phenolic OH excluding ortho intramolecular Hbond substituents is 2. The quantitative estimate of drug-likeness (QED) is 0.145. The van der Waals surface area contributed by atoms with Gasteiger partial charge in [0.25, 0.3) is 0 Å². The second-order valence-corrected chi connectivity index (χ2v) is 10.3. The number of aromatic hydroxyl groups is 2. The first-order valence-corrected chi connectivity index (χ1v) is 13.0. The molecule has 0 amide bonds. The van der Waals surface area contributed by atoms with Gasteiger partial charge in [-0.05, 0) is 52.7 Å². The summed E-state index contributed by atoms with van der Waals surface area (Å²) >= 11 is 0. The maximum atomic E-state index is 13.8. The number of H-pyrrole nitrogens is 1. The van der Waals surface area contributed by atoms with E-state index >= 15 is 0 Å². The van der Waals surface area contributed by atoms with Crippen molar-refractivity contribution in [2.75, 3.05) is 6.54 Å². The van der Waals surface area contributed by atoms with Crippen molar-refractivity contribution < 1.29 is 29.3 Å². The topological polar surface area (TPSA) is 142 Å². The largest absolute Gasteiger partial charge is 0.507 e. The van der Waals surface area contributed by atoms with Crippen LogP contribution in [-0.2, 0) is 21.4 Å². The zero-order valence-electron chi connectivity index (χ0n) is 22.4. The van der Waals surface area contributed by atoms with Gasteiger partial charge in [-0.15, -0.1) is 0 Å². The number of nitrogens with one attached hydrogen (secondary N) is 2. The molecule has 1 atom stereocenters. The molecular formula is C30H31N3O6. The summed E-state index contributed by atoms with van der Waals surface area (Å²) in [5.74, 6) is -1.39. The summed E-state index contributed by atoms with van der Waals surface area (Å²) in [6.07, 6.45) is 4.76. The Bertz CT molecular complexity index is 1580. The van der Waals surface area contributed by atoms with Gasteiger partial charge in [-0.2, -0.15) is 0 Å². The Balaban J connectivity index is 1.30. The van der Waals surface area contributed by atoms with E-state index in [1.54, 1.807) is 13.8 Å². The predicted octanol–water partition coefficient (Wildman–Crippen LogP) is 4.45. The smallest absolute Gasteiger partial charge is 0.194 e. The molecule has 9 nitrogen and oxygen atoms in total. The molecule has 1 aromatic heterocycles. The van der Waals surface area contributed by atoms with E-state index in [2.05, 4.69) is 15.3 Å². The molecule has 2 aromatic carbocycles. The van der Waals surface area contributed by atoms with Gasteiger partial charge in [0.05, 0.1) is 22.2 Å². The molecule has 1 unspecified atom stereocenters. The highest BCUT2D eigenvalue weighted by atomic mass is 16.5. The summed E-state index contributed by atoms with van der Waals surface area (Å²) in [6, 6.07) is 7.92. The van der Waals surface area contributed by atoms with E-state index in [-0.39, 0.29) is 39.5 Å². The molecule has 202 valence electrons. The molecule has 3 aromatic rings. The molecule has 0 spiro atoms. The van der Waals surface area contributed by atoms with Crippen LogP contribution in [0.5, 0.6) is 17.2 Å². The maximum absolute atomic E-state index is 13.8. The number of para-hydroxylation sites is 2. The van der Waals surface area contributed by atoms with Gasteiger partial charge in [0.1, 0.15) is 39.8 Å². The fraction of sp³-hybridized carbons (Fsp3) is 0.333. The van der Waals surface area contributed by atoms with Crippen LogP contribution in [0, 0.1) is 6.92 Å². The molecule has 9 heteroatoms. The number of allylic oxidation sites excluding steroid dienone is 4. The van der Waals surface area contributed by atoms with Crippen molar-refractivity contribution in [3.05, 3.63) is 69.9 Å². The van der Waals surface area contributed by atoms with Crippen molar-refractivity contribution in [2.24, 2.45) is 0 Å². The van der Waals surface area contributed by atoms with Crippen LogP contribution >= 0.6 is 0 Å². The van der Waals surface area contributed by atoms with Crippen LogP contribution in [0.3, 0.4) is 0 Å². The minimum absolute atomic E-state index is 0.0190. The molecule has 4 N–H and O–H groups in total. The first-order chi connectivity index (χ1) is 18.6. The third kappa shape index (κ3) is 4.18. The molecule has 5 rings (SSSR count). The first kappa shape index (κ1) is 26.2. The number of carbonyl (C=O) groups excluding carboxylic acids is 3.